The lowest BCUT2D eigenvalue weighted by atomic mass is 9.72. The molecule has 1 aromatic rings. The predicted molar refractivity (Wildman–Crippen MR) is 54.3 cm³/mol. The van der Waals surface area contributed by atoms with Gasteiger partial charge < -0.3 is 15.6 Å². The van der Waals surface area contributed by atoms with Gasteiger partial charge in [-0.15, -0.1) is 0 Å². The summed E-state index contributed by atoms with van der Waals surface area (Å²) in [5, 5.41) is 9.72. The first kappa shape index (κ1) is 10.2. The zero-order valence-electron chi connectivity index (χ0n) is 8.59. The molecule has 0 aromatic heterocycles. The fourth-order valence-corrected chi connectivity index (χ4v) is 1.92. The molecule has 0 amide bonds. The zero-order chi connectivity index (χ0) is 11.1. The third-order valence-electron chi connectivity index (χ3n) is 3.05. The summed E-state index contributed by atoms with van der Waals surface area (Å²) in [5.74, 6) is -0.434. The van der Waals surface area contributed by atoms with Crippen molar-refractivity contribution in [2.75, 3.05) is 7.11 Å². The van der Waals surface area contributed by atoms with Crippen LogP contribution in [0.4, 0.5) is 4.39 Å². The number of benzene rings is 1. The van der Waals surface area contributed by atoms with E-state index in [2.05, 4.69) is 0 Å². The molecular weight excluding hydrogens is 197 g/mol. The first-order chi connectivity index (χ1) is 7.07. The highest BCUT2D eigenvalue weighted by atomic mass is 19.1. The van der Waals surface area contributed by atoms with Gasteiger partial charge >= 0.3 is 0 Å². The van der Waals surface area contributed by atoms with Crippen LogP contribution >= 0.6 is 0 Å². The molecule has 1 aromatic carbocycles. The summed E-state index contributed by atoms with van der Waals surface area (Å²) in [6.07, 6.45) is 2.59. The molecule has 82 valence electrons. The van der Waals surface area contributed by atoms with E-state index in [1.54, 1.807) is 0 Å². The smallest absolute Gasteiger partial charge is 0.165 e. The van der Waals surface area contributed by atoms with Gasteiger partial charge in [-0.3, -0.25) is 0 Å². The van der Waals surface area contributed by atoms with Crippen LogP contribution in [0, 0.1) is 5.82 Å². The maximum absolute atomic E-state index is 13.4. The molecule has 1 aliphatic rings. The number of ether oxygens (including phenoxy) is 1. The van der Waals surface area contributed by atoms with Crippen molar-refractivity contribution in [1.29, 1.82) is 0 Å². The van der Waals surface area contributed by atoms with Crippen LogP contribution in [0.25, 0.3) is 0 Å². The lowest BCUT2D eigenvalue weighted by Crippen LogP contribution is -2.43. The molecule has 0 unspecified atom stereocenters. The average molecular weight is 211 g/mol. The van der Waals surface area contributed by atoms with Gasteiger partial charge in [-0.05, 0) is 25.3 Å². The molecule has 0 heterocycles. The summed E-state index contributed by atoms with van der Waals surface area (Å²) in [6, 6.07) is 2.55. The Morgan fingerprint density at radius 2 is 2.13 bits per heavy atom. The van der Waals surface area contributed by atoms with E-state index in [0.717, 1.165) is 19.3 Å². The van der Waals surface area contributed by atoms with Crippen molar-refractivity contribution in [3.63, 3.8) is 0 Å². The van der Waals surface area contributed by atoms with Crippen LogP contribution < -0.4 is 10.5 Å². The van der Waals surface area contributed by atoms with E-state index >= 15 is 0 Å². The molecule has 15 heavy (non-hydrogen) atoms. The minimum Gasteiger partial charge on any atom is -0.507 e. The van der Waals surface area contributed by atoms with Gasteiger partial charge in [0.25, 0.3) is 0 Å². The molecule has 0 radical (unpaired) electrons. The third-order valence-corrected chi connectivity index (χ3v) is 3.05. The van der Waals surface area contributed by atoms with Crippen LogP contribution in [0.1, 0.15) is 24.8 Å². The number of aromatic hydroxyl groups is 1. The SMILES string of the molecule is COc1cc(O)c(C2(N)CCC2)cc1F. The topological polar surface area (TPSA) is 55.5 Å². The van der Waals surface area contributed by atoms with E-state index in [0.29, 0.717) is 5.56 Å². The monoisotopic (exact) mass is 211 g/mol. The molecule has 2 rings (SSSR count). The van der Waals surface area contributed by atoms with E-state index in [9.17, 15) is 9.50 Å². The highest BCUT2D eigenvalue weighted by Gasteiger charge is 2.37. The highest BCUT2D eigenvalue weighted by molar-refractivity contribution is 5.45. The highest BCUT2D eigenvalue weighted by Crippen LogP contribution is 2.43. The minimum absolute atomic E-state index is 0.00968. The minimum atomic E-state index is -0.558. The summed E-state index contributed by atoms with van der Waals surface area (Å²) < 4.78 is 18.2. The molecule has 0 atom stereocenters. The second-order valence-corrected chi connectivity index (χ2v) is 4.01. The Bertz CT molecular complexity index is 388. The maximum atomic E-state index is 13.4. The normalized spacial score (nSPS) is 18.3. The molecule has 0 aliphatic heterocycles. The summed E-state index contributed by atoms with van der Waals surface area (Å²) in [7, 11) is 1.36. The number of phenols is 1. The van der Waals surface area contributed by atoms with Gasteiger partial charge in [0.1, 0.15) is 5.75 Å². The number of methoxy groups -OCH3 is 1. The van der Waals surface area contributed by atoms with E-state index in [1.807, 2.05) is 0 Å². The molecule has 3 nitrogen and oxygen atoms in total. The van der Waals surface area contributed by atoms with E-state index < -0.39 is 11.4 Å². The molecule has 1 saturated carbocycles. The van der Waals surface area contributed by atoms with E-state index in [4.69, 9.17) is 10.5 Å². The molecule has 4 heteroatoms. The van der Waals surface area contributed by atoms with Crippen molar-refractivity contribution >= 4 is 0 Å². The summed E-state index contributed by atoms with van der Waals surface area (Å²) in [5.41, 5.74) is 5.94. The molecule has 0 saturated heterocycles. The van der Waals surface area contributed by atoms with Crippen LogP contribution in [-0.4, -0.2) is 12.2 Å². The summed E-state index contributed by atoms with van der Waals surface area (Å²) in [6.45, 7) is 0. The van der Waals surface area contributed by atoms with Crippen LogP contribution in [-0.2, 0) is 5.54 Å². The lowest BCUT2D eigenvalue weighted by Gasteiger charge is -2.38. The van der Waals surface area contributed by atoms with E-state index in [-0.39, 0.29) is 11.5 Å². The number of phenolic OH excluding ortho intramolecular Hbond substituents is 1. The van der Waals surface area contributed by atoms with Gasteiger partial charge in [0.15, 0.2) is 11.6 Å². The Morgan fingerprint density at radius 3 is 2.60 bits per heavy atom. The van der Waals surface area contributed by atoms with Crippen molar-refractivity contribution in [1.82, 2.24) is 0 Å². The van der Waals surface area contributed by atoms with Crippen LogP contribution in [0.5, 0.6) is 11.5 Å². The van der Waals surface area contributed by atoms with Crippen molar-refractivity contribution < 1.29 is 14.2 Å². The summed E-state index contributed by atoms with van der Waals surface area (Å²) in [4.78, 5) is 0. The van der Waals surface area contributed by atoms with Crippen molar-refractivity contribution in [3.8, 4) is 11.5 Å². The average Bonchev–Trinajstić information content (AvgIpc) is 2.17. The van der Waals surface area contributed by atoms with Gasteiger partial charge in [-0.2, -0.15) is 0 Å². The third kappa shape index (κ3) is 1.55. The first-order valence-corrected chi connectivity index (χ1v) is 4.93. The fourth-order valence-electron chi connectivity index (χ4n) is 1.92. The number of hydrogen-bond acceptors (Lipinski definition) is 3. The van der Waals surface area contributed by atoms with E-state index in [1.165, 1.54) is 19.2 Å². The quantitative estimate of drug-likeness (QED) is 0.785. The molecular formula is C11H14FNO2. The Morgan fingerprint density at radius 1 is 1.47 bits per heavy atom. The second kappa shape index (κ2) is 3.38. The standard InChI is InChI=1S/C11H14FNO2/c1-15-10-6-9(14)7(5-8(10)12)11(13)3-2-4-11/h5-6,14H,2-4,13H2,1H3. The Kier molecular flexibility index (Phi) is 2.31. The van der Waals surface area contributed by atoms with Gasteiger partial charge in [0, 0.05) is 17.2 Å². The van der Waals surface area contributed by atoms with Gasteiger partial charge in [-0.25, -0.2) is 4.39 Å². The molecule has 3 N–H and O–H groups in total. The first-order valence-electron chi connectivity index (χ1n) is 4.93. The van der Waals surface area contributed by atoms with Crippen LogP contribution in [0.2, 0.25) is 0 Å². The predicted octanol–water partition coefficient (Wildman–Crippen LogP) is 1.88. The van der Waals surface area contributed by atoms with Crippen LogP contribution in [0.3, 0.4) is 0 Å². The maximum Gasteiger partial charge on any atom is 0.165 e. The fraction of sp³-hybridized carbons (Fsp3) is 0.455. The Balaban J connectivity index is 2.45. The van der Waals surface area contributed by atoms with Crippen molar-refractivity contribution in [2.45, 2.75) is 24.8 Å². The number of nitrogens with two attached hydrogens (primary N) is 1. The zero-order valence-corrected chi connectivity index (χ0v) is 8.59. The molecule has 0 spiro atoms. The Hall–Kier alpha value is -1.29. The van der Waals surface area contributed by atoms with Gasteiger partial charge in [0.05, 0.1) is 7.11 Å². The molecule has 1 fully saturated rings. The molecule has 0 bridgehead atoms. The largest absolute Gasteiger partial charge is 0.507 e. The second-order valence-electron chi connectivity index (χ2n) is 4.01. The van der Waals surface area contributed by atoms with Crippen LogP contribution in [0.15, 0.2) is 12.1 Å². The number of halogens is 1. The number of rotatable bonds is 2. The number of hydrogen-bond donors (Lipinski definition) is 2. The molecule has 1 aliphatic carbocycles. The van der Waals surface area contributed by atoms with Gasteiger partial charge in [-0.1, -0.05) is 0 Å². The lowest BCUT2D eigenvalue weighted by molar-refractivity contribution is 0.243. The van der Waals surface area contributed by atoms with Crippen molar-refractivity contribution in [3.05, 3.63) is 23.5 Å². The van der Waals surface area contributed by atoms with Crippen molar-refractivity contribution in [2.24, 2.45) is 5.73 Å². The summed E-state index contributed by atoms with van der Waals surface area (Å²) >= 11 is 0. The van der Waals surface area contributed by atoms with Gasteiger partial charge in [0.2, 0.25) is 0 Å². The Labute approximate surface area is 87.7 Å².